The number of hydrogen-bond acceptors (Lipinski definition) is 7. The van der Waals surface area contributed by atoms with Gasteiger partial charge in [-0.3, -0.25) is 14.7 Å². The van der Waals surface area contributed by atoms with Gasteiger partial charge in [-0.15, -0.1) is 11.3 Å². The van der Waals surface area contributed by atoms with Gasteiger partial charge in [-0.1, -0.05) is 17.4 Å². The summed E-state index contributed by atoms with van der Waals surface area (Å²) in [6.07, 6.45) is 1.71. The number of amides is 1. The Morgan fingerprint density at radius 2 is 1.86 bits per heavy atom. The van der Waals surface area contributed by atoms with Crippen LogP contribution in [0.1, 0.15) is 15.4 Å². The molecule has 1 amide bonds. The predicted octanol–water partition coefficient (Wildman–Crippen LogP) is 5.38. The second-order valence-electron chi connectivity index (χ2n) is 5.96. The molecule has 4 aromatic rings. The lowest BCUT2D eigenvalue weighted by molar-refractivity contribution is 0.0988. The Hall–Kier alpha value is -2.49. The van der Waals surface area contributed by atoms with Crippen LogP contribution < -0.4 is 14.4 Å². The van der Waals surface area contributed by atoms with E-state index >= 15 is 0 Å². The molecule has 9 heteroatoms. The van der Waals surface area contributed by atoms with Crippen molar-refractivity contribution in [3.63, 3.8) is 0 Å². The molecule has 0 unspecified atom stereocenters. The summed E-state index contributed by atoms with van der Waals surface area (Å²) < 4.78 is 12.7. The Morgan fingerprint density at radius 1 is 1.07 bits per heavy atom. The molecule has 3 aromatic heterocycles. The van der Waals surface area contributed by atoms with E-state index in [-0.39, 0.29) is 5.91 Å². The predicted molar refractivity (Wildman–Crippen MR) is 119 cm³/mol. The van der Waals surface area contributed by atoms with Crippen LogP contribution in [0.4, 0.5) is 5.13 Å². The number of pyridine rings is 1. The van der Waals surface area contributed by atoms with E-state index in [1.165, 1.54) is 22.7 Å². The first-order chi connectivity index (χ1) is 14.1. The average molecular weight is 490 g/mol. The summed E-state index contributed by atoms with van der Waals surface area (Å²) in [6, 6.07) is 12.9. The molecule has 3 heterocycles. The third-order valence-corrected chi connectivity index (χ3v) is 6.91. The van der Waals surface area contributed by atoms with Crippen LogP contribution in [0.2, 0.25) is 0 Å². The van der Waals surface area contributed by atoms with Crippen molar-refractivity contribution in [3.05, 3.63) is 63.0 Å². The molecule has 1 aromatic carbocycles. The molecular weight excluding hydrogens is 474 g/mol. The highest BCUT2D eigenvalue weighted by molar-refractivity contribution is 9.11. The van der Waals surface area contributed by atoms with Crippen molar-refractivity contribution in [1.29, 1.82) is 0 Å². The number of anilines is 1. The molecule has 6 nitrogen and oxygen atoms in total. The smallest absolute Gasteiger partial charge is 0.270 e. The van der Waals surface area contributed by atoms with Crippen LogP contribution in [-0.2, 0) is 6.54 Å². The number of methoxy groups -OCH3 is 2. The minimum absolute atomic E-state index is 0.136. The van der Waals surface area contributed by atoms with Gasteiger partial charge in [-0.25, -0.2) is 4.98 Å². The van der Waals surface area contributed by atoms with Crippen molar-refractivity contribution in [2.75, 3.05) is 19.1 Å². The van der Waals surface area contributed by atoms with Crippen molar-refractivity contribution in [1.82, 2.24) is 9.97 Å². The number of halogens is 1. The highest BCUT2D eigenvalue weighted by Crippen LogP contribution is 2.41. The number of benzene rings is 1. The van der Waals surface area contributed by atoms with Gasteiger partial charge in [-0.2, -0.15) is 0 Å². The number of thiophene rings is 1. The number of thiazole rings is 1. The lowest BCUT2D eigenvalue weighted by Gasteiger charge is -2.18. The van der Waals surface area contributed by atoms with Crippen LogP contribution in [-0.4, -0.2) is 30.1 Å². The maximum Gasteiger partial charge on any atom is 0.270 e. The summed E-state index contributed by atoms with van der Waals surface area (Å²) in [6.45, 7) is 0.305. The molecule has 0 spiro atoms. The Labute approximate surface area is 183 Å². The van der Waals surface area contributed by atoms with Crippen molar-refractivity contribution >= 4 is 59.9 Å². The van der Waals surface area contributed by atoms with Crippen LogP contribution in [0.15, 0.2) is 52.4 Å². The summed E-state index contributed by atoms with van der Waals surface area (Å²) >= 11 is 6.20. The summed E-state index contributed by atoms with van der Waals surface area (Å²) in [4.78, 5) is 24.7. The normalized spacial score (nSPS) is 10.9. The zero-order chi connectivity index (χ0) is 20.4. The molecular formula is C20H16BrN3O3S2. The van der Waals surface area contributed by atoms with Crippen molar-refractivity contribution < 1.29 is 14.3 Å². The van der Waals surface area contributed by atoms with Gasteiger partial charge >= 0.3 is 0 Å². The summed E-state index contributed by atoms with van der Waals surface area (Å²) in [5.41, 5.74) is 1.44. The van der Waals surface area contributed by atoms with E-state index in [1.807, 2.05) is 36.4 Å². The van der Waals surface area contributed by atoms with Crippen LogP contribution in [0.25, 0.3) is 10.2 Å². The molecule has 0 atom stereocenters. The zero-order valence-electron chi connectivity index (χ0n) is 15.6. The molecule has 4 rings (SSSR count). The second kappa shape index (κ2) is 8.48. The van der Waals surface area contributed by atoms with Gasteiger partial charge in [0.05, 0.1) is 35.1 Å². The van der Waals surface area contributed by atoms with Gasteiger partial charge in [0.2, 0.25) is 0 Å². The minimum atomic E-state index is -0.136. The second-order valence-corrected chi connectivity index (χ2v) is 9.40. The van der Waals surface area contributed by atoms with Crippen molar-refractivity contribution in [2.24, 2.45) is 0 Å². The Morgan fingerprint density at radius 3 is 2.52 bits per heavy atom. The van der Waals surface area contributed by atoms with E-state index < -0.39 is 0 Å². The van der Waals surface area contributed by atoms with Gasteiger partial charge < -0.3 is 9.47 Å². The topological polar surface area (TPSA) is 64.6 Å². The van der Waals surface area contributed by atoms with Gasteiger partial charge in [-0.05, 0) is 52.3 Å². The van der Waals surface area contributed by atoms with Gasteiger partial charge in [0, 0.05) is 6.20 Å². The molecule has 0 N–H and O–H groups in total. The first-order valence-corrected chi connectivity index (χ1v) is 11.0. The molecule has 0 bridgehead atoms. The number of carbonyl (C=O) groups excluding carboxylic acids is 1. The van der Waals surface area contributed by atoms with E-state index in [2.05, 4.69) is 20.9 Å². The number of hydrogen-bond donors (Lipinski definition) is 0. The first-order valence-electron chi connectivity index (χ1n) is 8.59. The lowest BCUT2D eigenvalue weighted by Crippen LogP contribution is -2.30. The van der Waals surface area contributed by atoms with Crippen LogP contribution >= 0.6 is 38.6 Å². The van der Waals surface area contributed by atoms with Crippen LogP contribution in [0.3, 0.4) is 0 Å². The van der Waals surface area contributed by atoms with E-state index in [4.69, 9.17) is 14.5 Å². The maximum absolute atomic E-state index is 13.3. The average Bonchev–Trinajstić information content (AvgIpc) is 3.38. The third-order valence-electron chi connectivity index (χ3n) is 4.21. The highest BCUT2D eigenvalue weighted by atomic mass is 79.9. The molecule has 0 fully saturated rings. The highest BCUT2D eigenvalue weighted by Gasteiger charge is 2.25. The molecule has 0 saturated carbocycles. The number of rotatable bonds is 6. The minimum Gasteiger partial charge on any atom is -0.495 e. The Balaban J connectivity index is 1.83. The SMILES string of the molecule is COc1ccc(OC)c2sc(N(Cc3ccccn3)C(=O)c3ccc(Br)s3)nc12. The molecule has 0 saturated heterocycles. The molecule has 0 aliphatic heterocycles. The van der Waals surface area contributed by atoms with Gasteiger partial charge in [0.25, 0.3) is 5.91 Å². The van der Waals surface area contributed by atoms with E-state index in [0.717, 1.165) is 14.2 Å². The number of carbonyl (C=O) groups is 1. The monoisotopic (exact) mass is 489 g/mol. The summed E-state index contributed by atoms with van der Waals surface area (Å²) in [5.74, 6) is 1.18. The first kappa shape index (κ1) is 19.8. The van der Waals surface area contributed by atoms with Crippen molar-refractivity contribution in [3.8, 4) is 11.5 Å². The maximum atomic E-state index is 13.3. The fourth-order valence-corrected chi connectivity index (χ4v) is 5.24. The van der Waals surface area contributed by atoms with Crippen molar-refractivity contribution in [2.45, 2.75) is 6.54 Å². The standard InChI is InChI=1S/C20H16BrN3O3S2/c1-26-13-6-7-14(27-2)18-17(13)23-20(29-18)24(11-12-5-3-4-10-22-12)19(25)15-8-9-16(21)28-15/h3-10H,11H2,1-2H3. The van der Waals surface area contributed by atoms with E-state index in [1.54, 1.807) is 31.4 Å². The van der Waals surface area contributed by atoms with Gasteiger partial charge in [0.1, 0.15) is 21.7 Å². The lowest BCUT2D eigenvalue weighted by atomic mass is 10.3. The summed E-state index contributed by atoms with van der Waals surface area (Å²) in [7, 11) is 3.21. The quantitative estimate of drug-likeness (QED) is 0.363. The number of nitrogens with zero attached hydrogens (tertiary/aromatic N) is 3. The third kappa shape index (κ3) is 3.98. The molecule has 0 aliphatic carbocycles. The molecule has 148 valence electrons. The summed E-state index contributed by atoms with van der Waals surface area (Å²) in [5, 5.41) is 0.558. The van der Waals surface area contributed by atoms with Gasteiger partial charge in [0.15, 0.2) is 5.13 Å². The Bertz CT molecular complexity index is 1120. The number of ether oxygens (including phenoxy) is 2. The van der Waals surface area contributed by atoms with Crippen LogP contribution in [0.5, 0.6) is 11.5 Å². The fourth-order valence-electron chi connectivity index (χ4n) is 2.83. The molecule has 29 heavy (non-hydrogen) atoms. The van der Waals surface area contributed by atoms with Crippen LogP contribution in [0, 0.1) is 0 Å². The number of aromatic nitrogens is 2. The fraction of sp³-hybridized carbons (Fsp3) is 0.150. The molecule has 0 aliphatic rings. The molecule has 0 radical (unpaired) electrons. The largest absolute Gasteiger partial charge is 0.495 e. The Kier molecular flexibility index (Phi) is 5.79. The zero-order valence-corrected chi connectivity index (χ0v) is 18.8. The number of fused-ring (bicyclic) bond motifs is 1. The van der Waals surface area contributed by atoms with E-state index in [0.29, 0.717) is 33.6 Å². The van der Waals surface area contributed by atoms with E-state index in [9.17, 15) is 4.79 Å².